The molecule has 4 rings (SSSR count). The number of rotatable bonds is 3. The summed E-state index contributed by atoms with van der Waals surface area (Å²) in [4.78, 5) is 28.1. The molecule has 2 N–H and O–H groups in total. The number of hydrogen-bond donors (Lipinski definition) is 2. The van der Waals surface area contributed by atoms with Crippen LogP contribution >= 0.6 is 0 Å². The van der Waals surface area contributed by atoms with Gasteiger partial charge in [-0.05, 0) is 35.9 Å². The first kappa shape index (κ1) is 18.2. The molecule has 0 radical (unpaired) electrons. The van der Waals surface area contributed by atoms with Gasteiger partial charge in [0, 0.05) is 31.0 Å². The lowest BCUT2D eigenvalue weighted by atomic mass is 10.1. The molecule has 2 saturated heterocycles. The average Bonchev–Trinajstić information content (AvgIpc) is 3.15. The van der Waals surface area contributed by atoms with E-state index in [-0.39, 0.29) is 23.9 Å². The summed E-state index contributed by atoms with van der Waals surface area (Å²) in [7, 11) is 0. The van der Waals surface area contributed by atoms with Gasteiger partial charge < -0.3 is 20.3 Å². The van der Waals surface area contributed by atoms with E-state index in [0.717, 1.165) is 11.3 Å². The predicted molar refractivity (Wildman–Crippen MR) is 103 cm³/mol. The number of nitrogens with one attached hydrogen (secondary N) is 2. The van der Waals surface area contributed by atoms with Crippen LogP contribution in [0.25, 0.3) is 0 Å². The average molecular weight is 384 g/mol. The first-order chi connectivity index (χ1) is 13.6. The van der Waals surface area contributed by atoms with Crippen LogP contribution in [0.4, 0.5) is 25.4 Å². The number of hydrogen-bond acceptors (Lipinski definition) is 3. The van der Waals surface area contributed by atoms with Crippen molar-refractivity contribution in [3.63, 3.8) is 0 Å². The van der Waals surface area contributed by atoms with Crippen LogP contribution in [0, 0.1) is 5.82 Å². The Bertz CT molecular complexity index is 874. The van der Waals surface area contributed by atoms with Gasteiger partial charge in [0.25, 0.3) is 0 Å². The summed E-state index contributed by atoms with van der Waals surface area (Å²) >= 11 is 0. The fourth-order valence-corrected chi connectivity index (χ4v) is 3.47. The first-order valence-electron chi connectivity index (χ1n) is 9.18. The molecule has 0 spiro atoms. The number of morpholine rings is 1. The van der Waals surface area contributed by atoms with Gasteiger partial charge in [-0.2, -0.15) is 0 Å². The number of amides is 4. The molecule has 2 aliphatic rings. The number of ether oxygens (including phenoxy) is 1. The van der Waals surface area contributed by atoms with Crippen LogP contribution in [0.2, 0.25) is 0 Å². The van der Waals surface area contributed by atoms with Gasteiger partial charge in [0.15, 0.2) is 0 Å². The minimum Gasteiger partial charge on any atom is -0.377 e. The highest BCUT2D eigenvalue weighted by Crippen LogP contribution is 2.26. The summed E-state index contributed by atoms with van der Waals surface area (Å²) in [6.07, 6.45) is 0. The lowest BCUT2D eigenvalue weighted by Gasteiger charge is -2.36. The summed E-state index contributed by atoms with van der Waals surface area (Å²) in [5.74, 6) is -0.320. The van der Waals surface area contributed by atoms with E-state index in [1.807, 2.05) is 6.07 Å². The highest BCUT2D eigenvalue weighted by Gasteiger charge is 2.29. The van der Waals surface area contributed by atoms with Crippen molar-refractivity contribution < 1.29 is 18.7 Å². The van der Waals surface area contributed by atoms with Crippen molar-refractivity contribution in [3.8, 4) is 0 Å². The van der Waals surface area contributed by atoms with Crippen molar-refractivity contribution in [2.45, 2.75) is 6.04 Å². The molecule has 1 atom stereocenters. The van der Waals surface area contributed by atoms with Crippen LogP contribution in [-0.4, -0.2) is 49.8 Å². The third-order valence-corrected chi connectivity index (χ3v) is 4.91. The highest BCUT2D eigenvalue weighted by molar-refractivity contribution is 5.96. The fraction of sp³-hybridized carbons (Fsp3) is 0.300. The molecule has 1 unspecified atom stereocenters. The standard InChI is InChI=1S/C20H21FN4O3/c21-15-6-4-14(5-7-15)18-13-28-11-10-25(18)20(27)23-16-2-1-3-17(12-16)24-9-8-22-19(24)26/h1-7,12,18H,8-11,13H2,(H,22,26)(H,23,27). The molecule has 146 valence electrons. The molecule has 4 amide bonds. The number of benzene rings is 2. The minimum atomic E-state index is -0.320. The lowest BCUT2D eigenvalue weighted by molar-refractivity contribution is 0.0147. The van der Waals surface area contributed by atoms with Crippen LogP contribution in [0.1, 0.15) is 11.6 Å². The van der Waals surface area contributed by atoms with E-state index in [2.05, 4.69) is 10.6 Å². The van der Waals surface area contributed by atoms with Gasteiger partial charge in [0.05, 0.1) is 19.3 Å². The molecular weight excluding hydrogens is 363 g/mol. The Morgan fingerprint density at radius 3 is 2.75 bits per heavy atom. The zero-order valence-corrected chi connectivity index (χ0v) is 15.2. The van der Waals surface area contributed by atoms with Crippen molar-refractivity contribution in [2.75, 3.05) is 43.1 Å². The Labute approximate surface area is 162 Å². The monoisotopic (exact) mass is 384 g/mol. The van der Waals surface area contributed by atoms with Crippen molar-refractivity contribution in [1.29, 1.82) is 0 Å². The van der Waals surface area contributed by atoms with E-state index < -0.39 is 0 Å². The van der Waals surface area contributed by atoms with Crippen LogP contribution in [0.5, 0.6) is 0 Å². The second kappa shape index (κ2) is 7.85. The normalized spacial score (nSPS) is 19.5. The Kier molecular flexibility index (Phi) is 5.12. The molecule has 0 bridgehead atoms. The first-order valence-corrected chi connectivity index (χ1v) is 9.18. The third kappa shape index (κ3) is 3.77. The van der Waals surface area contributed by atoms with Crippen LogP contribution in [-0.2, 0) is 4.74 Å². The van der Waals surface area contributed by atoms with Crippen LogP contribution < -0.4 is 15.5 Å². The number of nitrogens with zero attached hydrogens (tertiary/aromatic N) is 2. The van der Waals surface area contributed by atoms with Crippen molar-refractivity contribution in [1.82, 2.24) is 10.2 Å². The Morgan fingerprint density at radius 2 is 2.00 bits per heavy atom. The fourth-order valence-electron chi connectivity index (χ4n) is 3.47. The molecule has 2 aromatic rings. The molecule has 2 heterocycles. The highest BCUT2D eigenvalue weighted by atomic mass is 19.1. The maximum atomic E-state index is 13.2. The molecule has 0 saturated carbocycles. The van der Waals surface area contributed by atoms with Gasteiger partial charge in [0.2, 0.25) is 0 Å². The van der Waals surface area contributed by atoms with Crippen LogP contribution in [0.3, 0.4) is 0 Å². The summed E-state index contributed by atoms with van der Waals surface area (Å²) in [6, 6.07) is 12.6. The molecule has 0 aromatic heterocycles. The van der Waals surface area contributed by atoms with Gasteiger partial charge in [-0.15, -0.1) is 0 Å². The second-order valence-corrected chi connectivity index (χ2v) is 6.70. The molecule has 0 aliphatic carbocycles. The molecule has 2 fully saturated rings. The third-order valence-electron chi connectivity index (χ3n) is 4.91. The van der Waals surface area contributed by atoms with Gasteiger partial charge in [-0.25, -0.2) is 14.0 Å². The molecule has 28 heavy (non-hydrogen) atoms. The SMILES string of the molecule is O=C1NCCN1c1cccc(NC(=O)N2CCOCC2c2ccc(F)cc2)c1. The number of carbonyl (C=O) groups is 2. The smallest absolute Gasteiger partial charge is 0.322 e. The van der Waals surface area contributed by atoms with Crippen molar-refractivity contribution in [2.24, 2.45) is 0 Å². The molecule has 8 heteroatoms. The summed E-state index contributed by atoms with van der Waals surface area (Å²) in [5.41, 5.74) is 2.15. The van der Waals surface area contributed by atoms with Crippen LogP contribution in [0.15, 0.2) is 48.5 Å². The Balaban J connectivity index is 1.50. The largest absolute Gasteiger partial charge is 0.377 e. The summed E-state index contributed by atoms with van der Waals surface area (Å²) < 4.78 is 18.8. The molecule has 2 aromatic carbocycles. The molecule has 2 aliphatic heterocycles. The molecular formula is C20H21FN4O3. The van der Waals surface area contributed by atoms with Gasteiger partial charge in [0.1, 0.15) is 5.82 Å². The number of anilines is 2. The van der Waals surface area contributed by atoms with E-state index in [0.29, 0.717) is 38.5 Å². The van der Waals surface area contributed by atoms with E-state index in [1.54, 1.807) is 40.1 Å². The van der Waals surface area contributed by atoms with E-state index in [4.69, 9.17) is 4.74 Å². The van der Waals surface area contributed by atoms with Crippen molar-refractivity contribution in [3.05, 3.63) is 59.9 Å². The van der Waals surface area contributed by atoms with Gasteiger partial charge in [-0.3, -0.25) is 4.90 Å². The van der Waals surface area contributed by atoms with E-state index >= 15 is 0 Å². The maximum Gasteiger partial charge on any atom is 0.322 e. The van der Waals surface area contributed by atoms with Gasteiger partial charge in [-0.1, -0.05) is 18.2 Å². The maximum absolute atomic E-state index is 13.2. The number of halogens is 1. The van der Waals surface area contributed by atoms with Crippen molar-refractivity contribution >= 4 is 23.4 Å². The van der Waals surface area contributed by atoms with E-state index in [9.17, 15) is 14.0 Å². The topological polar surface area (TPSA) is 73.9 Å². The summed E-state index contributed by atoms with van der Waals surface area (Å²) in [6.45, 7) is 2.42. The summed E-state index contributed by atoms with van der Waals surface area (Å²) in [5, 5.41) is 5.66. The molecule has 7 nitrogen and oxygen atoms in total. The zero-order valence-electron chi connectivity index (χ0n) is 15.2. The Morgan fingerprint density at radius 1 is 1.18 bits per heavy atom. The zero-order chi connectivity index (χ0) is 19.5. The lowest BCUT2D eigenvalue weighted by Crippen LogP contribution is -2.45. The quantitative estimate of drug-likeness (QED) is 0.855. The predicted octanol–water partition coefficient (Wildman–Crippen LogP) is 2.96. The van der Waals surface area contributed by atoms with E-state index in [1.165, 1.54) is 12.1 Å². The number of urea groups is 2. The minimum absolute atomic E-state index is 0.145. The Hall–Kier alpha value is -3.13. The number of carbonyl (C=O) groups excluding carboxylic acids is 2. The van der Waals surface area contributed by atoms with Gasteiger partial charge >= 0.3 is 12.1 Å². The second-order valence-electron chi connectivity index (χ2n) is 6.70.